The van der Waals surface area contributed by atoms with E-state index in [0.29, 0.717) is 23.8 Å². The summed E-state index contributed by atoms with van der Waals surface area (Å²) in [4.78, 5) is 11.3. The molecule has 19 heavy (non-hydrogen) atoms. The highest BCUT2D eigenvalue weighted by molar-refractivity contribution is 7.09. The Hall–Kier alpha value is -1.41. The Morgan fingerprint density at radius 1 is 1.26 bits per heavy atom. The molecule has 2 heterocycles. The van der Waals surface area contributed by atoms with Crippen LogP contribution in [0.1, 0.15) is 10.7 Å². The molecule has 0 unspecified atom stereocenters. The van der Waals surface area contributed by atoms with Crippen LogP contribution in [0.15, 0.2) is 17.8 Å². The highest BCUT2D eigenvalue weighted by Gasteiger charge is 2.33. The highest BCUT2D eigenvalue weighted by Crippen LogP contribution is 2.30. The van der Waals surface area contributed by atoms with Gasteiger partial charge in [-0.15, -0.1) is 11.3 Å². The number of nitrogens with zero attached hydrogens (tertiary/aromatic N) is 3. The molecule has 1 N–H and O–H groups in total. The van der Waals surface area contributed by atoms with Gasteiger partial charge < -0.3 is 5.32 Å². The van der Waals surface area contributed by atoms with Gasteiger partial charge in [-0.3, -0.25) is 4.98 Å². The van der Waals surface area contributed by atoms with E-state index in [9.17, 15) is 13.2 Å². The Bertz CT molecular complexity index is 558. The van der Waals surface area contributed by atoms with Gasteiger partial charge in [0.1, 0.15) is 11.0 Å². The molecule has 0 bridgehead atoms. The molecule has 0 aliphatic carbocycles. The third kappa shape index (κ3) is 4.03. The van der Waals surface area contributed by atoms with E-state index in [4.69, 9.17) is 11.6 Å². The zero-order valence-electron chi connectivity index (χ0n) is 9.41. The van der Waals surface area contributed by atoms with Gasteiger partial charge in [0, 0.05) is 18.3 Å². The molecule has 102 valence electrons. The lowest BCUT2D eigenvalue weighted by atomic mass is 10.4. The van der Waals surface area contributed by atoms with Crippen LogP contribution in [0.2, 0.25) is 5.15 Å². The van der Waals surface area contributed by atoms with Crippen LogP contribution >= 0.6 is 22.9 Å². The zero-order valence-corrected chi connectivity index (χ0v) is 11.0. The van der Waals surface area contributed by atoms with Crippen molar-refractivity contribution >= 4 is 28.8 Å². The molecular weight excluding hydrogens is 301 g/mol. The van der Waals surface area contributed by atoms with Crippen LogP contribution in [0.4, 0.5) is 19.0 Å². The largest absolute Gasteiger partial charge is 0.434 e. The maximum Gasteiger partial charge on any atom is 0.434 e. The number of thiazole rings is 1. The molecule has 0 aliphatic heterocycles. The Morgan fingerprint density at radius 3 is 2.68 bits per heavy atom. The first kappa shape index (κ1) is 14.0. The average Bonchev–Trinajstić information content (AvgIpc) is 2.77. The first-order chi connectivity index (χ1) is 8.95. The van der Waals surface area contributed by atoms with E-state index in [0.717, 1.165) is 16.7 Å². The summed E-state index contributed by atoms with van der Waals surface area (Å²) in [5.41, 5.74) is -0.852. The maximum atomic E-state index is 12.3. The third-order valence-electron chi connectivity index (χ3n) is 2.09. The second-order valence-corrected chi connectivity index (χ2v) is 4.86. The molecule has 2 aromatic rings. The summed E-state index contributed by atoms with van der Waals surface area (Å²) in [6.45, 7) is 0.403. The molecule has 0 spiro atoms. The molecule has 0 radical (unpaired) electrons. The lowest BCUT2D eigenvalue weighted by molar-refractivity contribution is -0.140. The predicted molar refractivity (Wildman–Crippen MR) is 66.4 cm³/mol. The van der Waals surface area contributed by atoms with Crippen molar-refractivity contribution in [3.05, 3.63) is 33.6 Å². The Morgan fingerprint density at radius 2 is 2.05 bits per heavy atom. The van der Waals surface area contributed by atoms with Crippen molar-refractivity contribution in [1.29, 1.82) is 0 Å². The Labute approximate surface area is 115 Å². The van der Waals surface area contributed by atoms with E-state index in [-0.39, 0.29) is 5.15 Å². The molecule has 2 rings (SSSR count). The van der Waals surface area contributed by atoms with Crippen molar-refractivity contribution < 1.29 is 13.2 Å². The molecule has 0 saturated heterocycles. The summed E-state index contributed by atoms with van der Waals surface area (Å²) in [7, 11) is 0. The number of anilines is 1. The van der Waals surface area contributed by atoms with Gasteiger partial charge in [-0.05, 0) is 0 Å². The fourth-order valence-corrected chi connectivity index (χ4v) is 2.23. The van der Waals surface area contributed by atoms with Crippen LogP contribution in [0.3, 0.4) is 0 Å². The SMILES string of the molecule is FC(F)(F)c1csc(CCNc2cncc(Cl)n2)n1. The van der Waals surface area contributed by atoms with Crippen LogP contribution in [0, 0.1) is 0 Å². The van der Waals surface area contributed by atoms with Gasteiger partial charge in [0.15, 0.2) is 5.69 Å². The van der Waals surface area contributed by atoms with Crippen molar-refractivity contribution in [3.8, 4) is 0 Å². The second kappa shape index (κ2) is 5.70. The van der Waals surface area contributed by atoms with Crippen LogP contribution < -0.4 is 5.32 Å². The summed E-state index contributed by atoms with van der Waals surface area (Å²) >= 11 is 6.63. The third-order valence-corrected chi connectivity index (χ3v) is 3.18. The number of alkyl halides is 3. The standard InChI is InChI=1S/C10H8ClF3N4S/c11-7-3-15-4-8(18-7)16-2-1-9-17-6(5-19-9)10(12,13)14/h3-5H,1-2H2,(H,16,18). The monoisotopic (exact) mass is 308 g/mol. The van der Waals surface area contributed by atoms with Crippen molar-refractivity contribution in [2.24, 2.45) is 0 Å². The van der Waals surface area contributed by atoms with E-state index in [2.05, 4.69) is 20.3 Å². The van der Waals surface area contributed by atoms with Crippen LogP contribution in [0.5, 0.6) is 0 Å². The molecule has 0 aromatic carbocycles. The zero-order chi connectivity index (χ0) is 13.9. The number of hydrogen-bond donors (Lipinski definition) is 1. The molecule has 0 fully saturated rings. The fourth-order valence-electron chi connectivity index (χ4n) is 1.28. The van der Waals surface area contributed by atoms with Gasteiger partial charge in [-0.1, -0.05) is 11.6 Å². The van der Waals surface area contributed by atoms with E-state index in [1.54, 1.807) is 0 Å². The quantitative estimate of drug-likeness (QED) is 0.942. The minimum Gasteiger partial charge on any atom is -0.368 e. The van der Waals surface area contributed by atoms with Gasteiger partial charge in [0.2, 0.25) is 0 Å². The maximum absolute atomic E-state index is 12.3. The van der Waals surface area contributed by atoms with Crippen molar-refractivity contribution in [3.63, 3.8) is 0 Å². The first-order valence-corrected chi connectivity index (χ1v) is 6.44. The highest BCUT2D eigenvalue weighted by atomic mass is 35.5. The van der Waals surface area contributed by atoms with Crippen LogP contribution in [-0.2, 0) is 12.6 Å². The van der Waals surface area contributed by atoms with Gasteiger partial charge in [-0.25, -0.2) is 9.97 Å². The molecule has 0 aliphatic rings. The molecule has 0 atom stereocenters. The van der Waals surface area contributed by atoms with E-state index >= 15 is 0 Å². The number of aromatic nitrogens is 3. The van der Waals surface area contributed by atoms with Crippen LogP contribution in [-0.4, -0.2) is 21.5 Å². The van der Waals surface area contributed by atoms with Crippen molar-refractivity contribution in [2.75, 3.05) is 11.9 Å². The fraction of sp³-hybridized carbons (Fsp3) is 0.300. The first-order valence-electron chi connectivity index (χ1n) is 5.18. The van der Waals surface area contributed by atoms with Crippen LogP contribution in [0.25, 0.3) is 0 Å². The summed E-state index contributed by atoms with van der Waals surface area (Å²) < 4.78 is 37.0. The lowest BCUT2D eigenvalue weighted by Crippen LogP contribution is -2.08. The molecule has 0 amide bonds. The number of rotatable bonds is 4. The average molecular weight is 309 g/mol. The minimum atomic E-state index is -4.39. The summed E-state index contributed by atoms with van der Waals surface area (Å²) in [6.07, 6.45) is -1.15. The summed E-state index contributed by atoms with van der Waals surface area (Å²) in [6, 6.07) is 0. The molecule has 4 nitrogen and oxygen atoms in total. The number of nitrogens with one attached hydrogen (secondary N) is 1. The molecule has 0 saturated carbocycles. The lowest BCUT2D eigenvalue weighted by Gasteiger charge is -2.03. The van der Waals surface area contributed by atoms with Gasteiger partial charge in [0.05, 0.1) is 17.4 Å². The topological polar surface area (TPSA) is 50.7 Å². The summed E-state index contributed by atoms with van der Waals surface area (Å²) in [5.74, 6) is 0.472. The van der Waals surface area contributed by atoms with E-state index < -0.39 is 11.9 Å². The normalized spacial score (nSPS) is 11.6. The summed E-state index contributed by atoms with van der Waals surface area (Å²) in [5, 5.41) is 4.58. The van der Waals surface area contributed by atoms with Crippen molar-refractivity contribution in [1.82, 2.24) is 15.0 Å². The predicted octanol–water partition coefficient (Wildman–Crippen LogP) is 3.26. The number of halogens is 4. The number of hydrogen-bond acceptors (Lipinski definition) is 5. The van der Waals surface area contributed by atoms with E-state index in [1.165, 1.54) is 12.4 Å². The van der Waals surface area contributed by atoms with Gasteiger partial charge >= 0.3 is 6.18 Å². The minimum absolute atomic E-state index is 0.249. The van der Waals surface area contributed by atoms with Gasteiger partial charge in [-0.2, -0.15) is 13.2 Å². The Kier molecular flexibility index (Phi) is 4.20. The Balaban J connectivity index is 1.88. The molecule has 9 heteroatoms. The van der Waals surface area contributed by atoms with Gasteiger partial charge in [0.25, 0.3) is 0 Å². The smallest absolute Gasteiger partial charge is 0.368 e. The molecular formula is C10H8ClF3N4S. The van der Waals surface area contributed by atoms with E-state index in [1.807, 2.05) is 0 Å². The molecule has 2 aromatic heterocycles. The second-order valence-electron chi connectivity index (χ2n) is 3.53. The van der Waals surface area contributed by atoms with Crippen molar-refractivity contribution in [2.45, 2.75) is 12.6 Å².